The molecule has 0 unspecified atom stereocenters. The Labute approximate surface area is 199 Å². The summed E-state index contributed by atoms with van der Waals surface area (Å²) in [6.07, 6.45) is 0. The summed E-state index contributed by atoms with van der Waals surface area (Å²) < 4.78 is -1.27. The number of ketones is 1. The van der Waals surface area contributed by atoms with Gasteiger partial charge in [0.25, 0.3) is 5.24 Å². The van der Waals surface area contributed by atoms with Gasteiger partial charge in [0.15, 0.2) is 5.78 Å². The molecule has 3 aromatic carbocycles. The van der Waals surface area contributed by atoms with Crippen LogP contribution in [0, 0.1) is 6.92 Å². The van der Waals surface area contributed by atoms with Crippen LogP contribution in [0.1, 0.15) is 33.0 Å². The van der Waals surface area contributed by atoms with Crippen molar-refractivity contribution < 1.29 is 14.4 Å². The standard InChI is InChI=1S/C26H20N2O3S2/c1-14-5-2-8-16(11-14)21-19-12-32-13-28(19)25(26(21)23(30)27-24(31)33-26)18-10-4-7-15-6-3-9-17(20(15)18)22(25)29/h2-11,19,21H,12-13H2,1H3,(H,27,30,31)/t19-,21-,25-,26+/m1/s1. The van der Waals surface area contributed by atoms with E-state index in [-0.39, 0.29) is 28.9 Å². The van der Waals surface area contributed by atoms with Crippen LogP contribution in [0.15, 0.2) is 60.7 Å². The molecule has 7 heteroatoms. The maximum absolute atomic E-state index is 14.5. The Morgan fingerprint density at radius 3 is 2.58 bits per heavy atom. The Morgan fingerprint density at radius 2 is 1.82 bits per heavy atom. The van der Waals surface area contributed by atoms with Crippen molar-refractivity contribution in [3.8, 4) is 0 Å². The molecule has 5 nitrogen and oxygen atoms in total. The highest BCUT2D eigenvalue weighted by Gasteiger charge is 2.80. The predicted octanol–water partition coefficient (Wildman–Crippen LogP) is 4.43. The van der Waals surface area contributed by atoms with Crippen molar-refractivity contribution in [1.29, 1.82) is 0 Å². The summed E-state index contributed by atoms with van der Waals surface area (Å²) >= 11 is 2.82. The topological polar surface area (TPSA) is 66.5 Å². The molecule has 1 aliphatic carbocycles. The number of fused-ring (bicyclic) bond motifs is 4. The molecule has 3 aromatic rings. The highest BCUT2D eigenvalue weighted by molar-refractivity contribution is 8.16. The second-order valence-corrected chi connectivity index (χ2v) is 11.5. The molecular formula is C26H20N2O3S2. The van der Waals surface area contributed by atoms with E-state index in [2.05, 4.69) is 16.3 Å². The third kappa shape index (κ3) is 2.14. The number of aryl methyl sites for hydroxylation is 1. The number of thioether (sulfide) groups is 2. The number of imide groups is 1. The molecule has 7 rings (SSSR count). The van der Waals surface area contributed by atoms with Crippen molar-refractivity contribution >= 4 is 51.2 Å². The van der Waals surface area contributed by atoms with Gasteiger partial charge in [0.05, 0.1) is 0 Å². The lowest BCUT2D eigenvalue weighted by atomic mass is 9.70. The summed E-state index contributed by atoms with van der Waals surface area (Å²) in [7, 11) is 0. The molecule has 0 radical (unpaired) electrons. The Bertz CT molecular complexity index is 1420. The third-order valence-corrected chi connectivity index (χ3v) is 10.2. The summed E-state index contributed by atoms with van der Waals surface area (Å²) in [6.45, 7) is 2.03. The molecule has 0 aromatic heterocycles. The number of benzene rings is 3. The maximum Gasteiger partial charge on any atom is 0.286 e. The fourth-order valence-electron chi connectivity index (χ4n) is 6.76. The number of hydrogen-bond acceptors (Lipinski definition) is 6. The van der Waals surface area contributed by atoms with E-state index < -0.39 is 10.3 Å². The first-order valence-electron chi connectivity index (χ1n) is 11.0. The summed E-state index contributed by atoms with van der Waals surface area (Å²) in [5.74, 6) is 0.754. The quantitative estimate of drug-likeness (QED) is 0.565. The third-order valence-electron chi connectivity index (χ3n) is 7.79. The molecule has 4 aliphatic rings. The van der Waals surface area contributed by atoms with Crippen molar-refractivity contribution in [2.24, 2.45) is 0 Å². The number of hydrogen-bond donors (Lipinski definition) is 1. The maximum atomic E-state index is 14.5. The number of carbonyl (C=O) groups excluding carboxylic acids is 3. The monoisotopic (exact) mass is 472 g/mol. The van der Waals surface area contributed by atoms with Gasteiger partial charge in [-0.25, -0.2) is 0 Å². The minimum absolute atomic E-state index is 0.0329. The SMILES string of the molecule is Cc1cccc([C@@H]2[C@H]3CSCN3[C@]3(C(=O)c4cccc5cccc3c45)[C@]23SC(=O)NC3=O)c1. The fourth-order valence-corrected chi connectivity index (χ4v) is 9.53. The zero-order valence-corrected chi connectivity index (χ0v) is 19.5. The van der Waals surface area contributed by atoms with Gasteiger partial charge in [-0.2, -0.15) is 0 Å². The van der Waals surface area contributed by atoms with Gasteiger partial charge in [0, 0.05) is 29.2 Å². The Morgan fingerprint density at radius 1 is 1.03 bits per heavy atom. The minimum atomic E-state index is -1.27. The van der Waals surface area contributed by atoms with Crippen LogP contribution < -0.4 is 5.32 Å². The smallest absolute Gasteiger partial charge is 0.286 e. The van der Waals surface area contributed by atoms with Crippen molar-refractivity contribution in [2.75, 3.05) is 11.6 Å². The van der Waals surface area contributed by atoms with Crippen molar-refractivity contribution in [3.63, 3.8) is 0 Å². The zero-order valence-electron chi connectivity index (χ0n) is 17.8. The summed E-state index contributed by atoms with van der Waals surface area (Å²) in [6, 6.07) is 19.9. The van der Waals surface area contributed by atoms with Gasteiger partial charge in [-0.1, -0.05) is 66.2 Å². The number of Topliss-reactive ketones (excluding diaryl/α,β-unsaturated/α-hetero) is 1. The molecule has 2 amide bonds. The van der Waals surface area contributed by atoms with Gasteiger partial charge >= 0.3 is 0 Å². The van der Waals surface area contributed by atoms with Gasteiger partial charge < -0.3 is 0 Å². The van der Waals surface area contributed by atoms with Crippen LogP contribution in [0.25, 0.3) is 10.8 Å². The van der Waals surface area contributed by atoms with Gasteiger partial charge in [0.1, 0.15) is 10.3 Å². The molecule has 3 heterocycles. The largest absolute Gasteiger partial charge is 0.292 e. The second kappa shape index (κ2) is 6.50. The summed E-state index contributed by atoms with van der Waals surface area (Å²) in [4.78, 5) is 43.6. The fraction of sp³-hybridized carbons (Fsp3) is 0.269. The molecule has 4 atom stereocenters. The Hall–Kier alpha value is -2.61. The van der Waals surface area contributed by atoms with E-state index in [4.69, 9.17) is 0 Å². The van der Waals surface area contributed by atoms with Gasteiger partial charge in [-0.05, 0) is 40.6 Å². The van der Waals surface area contributed by atoms with E-state index in [1.54, 1.807) is 11.8 Å². The van der Waals surface area contributed by atoms with Crippen LogP contribution >= 0.6 is 23.5 Å². The second-order valence-electron chi connectivity index (χ2n) is 9.26. The van der Waals surface area contributed by atoms with E-state index in [0.29, 0.717) is 11.4 Å². The molecule has 3 saturated heterocycles. The lowest BCUT2D eigenvalue weighted by Crippen LogP contribution is -2.61. The van der Waals surface area contributed by atoms with E-state index in [0.717, 1.165) is 45.0 Å². The molecule has 3 fully saturated rings. The van der Waals surface area contributed by atoms with Crippen molar-refractivity contribution in [3.05, 3.63) is 82.9 Å². The highest BCUT2D eigenvalue weighted by atomic mass is 32.2. The molecule has 2 spiro atoms. The highest BCUT2D eigenvalue weighted by Crippen LogP contribution is 2.69. The average Bonchev–Trinajstić information content (AvgIpc) is 3.50. The normalized spacial score (nSPS) is 32.5. The van der Waals surface area contributed by atoms with Gasteiger partial charge in [-0.3, -0.25) is 24.6 Å². The summed E-state index contributed by atoms with van der Waals surface area (Å²) in [5.41, 5.74) is 2.40. The lowest BCUT2D eigenvalue weighted by Gasteiger charge is -2.43. The van der Waals surface area contributed by atoms with Crippen LogP contribution in [0.3, 0.4) is 0 Å². The predicted molar refractivity (Wildman–Crippen MR) is 131 cm³/mol. The van der Waals surface area contributed by atoms with Crippen LogP contribution in [0.4, 0.5) is 4.79 Å². The number of amides is 2. The first kappa shape index (κ1) is 19.8. The molecule has 33 heavy (non-hydrogen) atoms. The lowest BCUT2D eigenvalue weighted by molar-refractivity contribution is -0.123. The van der Waals surface area contributed by atoms with Gasteiger partial charge in [-0.15, -0.1) is 11.8 Å². The van der Waals surface area contributed by atoms with Crippen molar-refractivity contribution in [2.45, 2.75) is 29.2 Å². The minimum Gasteiger partial charge on any atom is -0.292 e. The van der Waals surface area contributed by atoms with Crippen LogP contribution in [0.5, 0.6) is 0 Å². The first-order valence-corrected chi connectivity index (χ1v) is 13.0. The zero-order chi connectivity index (χ0) is 22.5. The molecule has 3 aliphatic heterocycles. The van der Waals surface area contributed by atoms with E-state index in [1.165, 1.54) is 0 Å². The molecule has 0 saturated carbocycles. The van der Waals surface area contributed by atoms with Crippen LogP contribution in [0.2, 0.25) is 0 Å². The van der Waals surface area contributed by atoms with Gasteiger partial charge in [0.2, 0.25) is 5.91 Å². The molecule has 164 valence electrons. The number of carbonyl (C=O) groups is 3. The first-order chi connectivity index (χ1) is 16.0. The number of nitrogens with zero attached hydrogens (tertiary/aromatic N) is 1. The summed E-state index contributed by atoms with van der Waals surface area (Å²) in [5, 5.41) is 4.11. The van der Waals surface area contributed by atoms with Crippen molar-refractivity contribution in [1.82, 2.24) is 10.2 Å². The molecular weight excluding hydrogens is 452 g/mol. The number of nitrogens with one attached hydrogen (secondary N) is 1. The molecule has 1 N–H and O–H groups in total. The Kier molecular flexibility index (Phi) is 3.90. The Balaban J connectivity index is 1.62. The van der Waals surface area contributed by atoms with Crippen LogP contribution in [-0.4, -0.2) is 44.2 Å². The molecule has 0 bridgehead atoms. The number of rotatable bonds is 1. The van der Waals surface area contributed by atoms with E-state index in [1.807, 2.05) is 61.5 Å². The van der Waals surface area contributed by atoms with E-state index >= 15 is 0 Å². The van der Waals surface area contributed by atoms with E-state index in [9.17, 15) is 14.4 Å². The van der Waals surface area contributed by atoms with Crippen LogP contribution in [-0.2, 0) is 10.3 Å². The average molecular weight is 473 g/mol.